The number of pyridine rings is 2. The molecule has 0 atom stereocenters. The Kier molecular flexibility index (Phi) is 4.79. The number of hydrogen-bond acceptors (Lipinski definition) is 5. The molecule has 0 amide bonds. The van der Waals surface area contributed by atoms with Gasteiger partial charge in [-0.05, 0) is 36.6 Å². The first kappa shape index (κ1) is 15.8. The molecule has 4 nitrogen and oxygen atoms in total. The van der Waals surface area contributed by atoms with Crippen molar-refractivity contribution in [1.82, 2.24) is 9.97 Å². The van der Waals surface area contributed by atoms with Crippen molar-refractivity contribution in [3.05, 3.63) is 65.1 Å². The van der Waals surface area contributed by atoms with Gasteiger partial charge in [-0.15, -0.1) is 11.8 Å². The number of hydrogen-bond donors (Lipinski definition) is 0. The predicted molar refractivity (Wildman–Crippen MR) is 91.9 cm³/mol. The highest BCUT2D eigenvalue weighted by Gasteiger charge is 2.11. The lowest BCUT2D eigenvalue weighted by Crippen LogP contribution is -2.07. The third-order valence-corrected chi connectivity index (χ3v) is 4.34. The van der Waals surface area contributed by atoms with E-state index in [0.717, 1.165) is 15.8 Å². The van der Waals surface area contributed by atoms with E-state index in [1.807, 2.05) is 30.5 Å². The Morgan fingerprint density at radius 2 is 2.13 bits per heavy atom. The van der Waals surface area contributed by atoms with Crippen molar-refractivity contribution in [3.63, 3.8) is 0 Å². The van der Waals surface area contributed by atoms with Crippen molar-refractivity contribution in [3.8, 4) is 0 Å². The molecule has 0 N–H and O–H groups in total. The van der Waals surface area contributed by atoms with Crippen molar-refractivity contribution in [2.45, 2.75) is 11.5 Å². The number of carbonyl (C=O) groups excluding carboxylic acids is 1. The highest BCUT2D eigenvalue weighted by Crippen LogP contribution is 2.25. The van der Waals surface area contributed by atoms with Crippen molar-refractivity contribution < 1.29 is 9.53 Å². The van der Waals surface area contributed by atoms with Gasteiger partial charge >= 0.3 is 5.97 Å². The molecular weight excluding hydrogens is 332 g/mol. The Balaban J connectivity index is 1.80. The number of fused-ring (bicyclic) bond motifs is 1. The van der Waals surface area contributed by atoms with Gasteiger partial charge in [-0.25, -0.2) is 14.8 Å². The fraction of sp³-hybridized carbons (Fsp3) is 0.118. The Morgan fingerprint density at radius 1 is 1.26 bits per heavy atom. The fourth-order valence-corrected chi connectivity index (χ4v) is 2.73. The molecular formula is C17H13ClN2O2S. The fourth-order valence-electron chi connectivity index (χ4n) is 2.10. The van der Waals surface area contributed by atoms with Crippen LogP contribution in [0.2, 0.25) is 5.15 Å². The summed E-state index contributed by atoms with van der Waals surface area (Å²) in [6.07, 6.45) is 3.55. The van der Waals surface area contributed by atoms with Crippen LogP contribution in [0.5, 0.6) is 0 Å². The quantitative estimate of drug-likeness (QED) is 0.400. The van der Waals surface area contributed by atoms with Gasteiger partial charge in [0.05, 0.1) is 5.52 Å². The van der Waals surface area contributed by atoms with Gasteiger partial charge in [0.25, 0.3) is 0 Å². The Hall–Kier alpha value is -2.11. The zero-order valence-corrected chi connectivity index (χ0v) is 13.9. The zero-order valence-electron chi connectivity index (χ0n) is 12.3. The van der Waals surface area contributed by atoms with Crippen LogP contribution in [-0.4, -0.2) is 22.2 Å². The predicted octanol–water partition coefficient (Wildman–Crippen LogP) is 4.36. The molecule has 3 aromatic rings. The van der Waals surface area contributed by atoms with Crippen LogP contribution in [0.1, 0.15) is 16.1 Å². The molecule has 2 heterocycles. The van der Waals surface area contributed by atoms with E-state index in [0.29, 0.717) is 10.7 Å². The van der Waals surface area contributed by atoms with Crippen LogP contribution in [0.3, 0.4) is 0 Å². The minimum absolute atomic E-state index is 0.0570. The van der Waals surface area contributed by atoms with Crippen molar-refractivity contribution >= 4 is 40.2 Å². The van der Waals surface area contributed by atoms with E-state index in [-0.39, 0.29) is 12.3 Å². The summed E-state index contributed by atoms with van der Waals surface area (Å²) in [5.41, 5.74) is 1.75. The Morgan fingerprint density at radius 3 is 2.87 bits per heavy atom. The van der Waals surface area contributed by atoms with E-state index in [2.05, 4.69) is 9.97 Å². The van der Waals surface area contributed by atoms with Crippen LogP contribution in [-0.2, 0) is 11.3 Å². The van der Waals surface area contributed by atoms with Gasteiger partial charge in [0, 0.05) is 22.0 Å². The first-order chi connectivity index (χ1) is 11.2. The lowest BCUT2D eigenvalue weighted by molar-refractivity contribution is 0.0465. The van der Waals surface area contributed by atoms with Crippen LogP contribution in [0, 0.1) is 0 Å². The second kappa shape index (κ2) is 6.98. The summed E-state index contributed by atoms with van der Waals surface area (Å²) >= 11 is 7.85. The van der Waals surface area contributed by atoms with Crippen molar-refractivity contribution in [1.29, 1.82) is 0 Å². The summed E-state index contributed by atoms with van der Waals surface area (Å²) in [6, 6.07) is 12.9. The molecule has 0 aliphatic heterocycles. The second-order valence-corrected chi connectivity index (χ2v) is 6.03. The van der Waals surface area contributed by atoms with Gasteiger partial charge in [-0.3, -0.25) is 0 Å². The maximum absolute atomic E-state index is 11.9. The molecule has 116 valence electrons. The van der Waals surface area contributed by atoms with E-state index in [1.54, 1.807) is 36.2 Å². The molecule has 3 rings (SSSR count). The van der Waals surface area contributed by atoms with Gasteiger partial charge < -0.3 is 4.74 Å². The topological polar surface area (TPSA) is 52.1 Å². The lowest BCUT2D eigenvalue weighted by atomic mass is 10.2. The normalized spacial score (nSPS) is 10.7. The average molecular weight is 345 g/mol. The van der Waals surface area contributed by atoms with Crippen molar-refractivity contribution in [2.75, 3.05) is 6.26 Å². The molecule has 0 bridgehead atoms. The van der Waals surface area contributed by atoms with Crippen LogP contribution in [0.25, 0.3) is 10.9 Å². The third kappa shape index (κ3) is 3.63. The summed E-state index contributed by atoms with van der Waals surface area (Å²) in [5, 5.41) is 1.29. The molecule has 1 aromatic carbocycles. The lowest BCUT2D eigenvalue weighted by Gasteiger charge is -2.08. The van der Waals surface area contributed by atoms with Crippen molar-refractivity contribution in [2.24, 2.45) is 0 Å². The Bertz CT molecular complexity index is 856. The van der Waals surface area contributed by atoms with Crippen LogP contribution in [0.15, 0.2) is 53.6 Å². The van der Waals surface area contributed by atoms with Gasteiger partial charge in [0.2, 0.25) is 0 Å². The summed E-state index contributed by atoms with van der Waals surface area (Å²) in [4.78, 5) is 21.4. The average Bonchev–Trinajstić information content (AvgIpc) is 2.60. The first-order valence-electron chi connectivity index (χ1n) is 6.88. The van der Waals surface area contributed by atoms with Crippen LogP contribution < -0.4 is 0 Å². The molecule has 0 spiro atoms. The number of benzene rings is 1. The van der Waals surface area contributed by atoms with Crippen LogP contribution >= 0.6 is 23.4 Å². The Labute approximate surface area is 142 Å². The number of rotatable bonds is 4. The number of esters is 1. The molecule has 0 fully saturated rings. The molecule has 6 heteroatoms. The minimum atomic E-state index is -0.487. The molecule has 2 aromatic heterocycles. The van der Waals surface area contributed by atoms with Gasteiger partial charge in [-0.1, -0.05) is 23.7 Å². The highest BCUT2D eigenvalue weighted by atomic mass is 35.5. The van der Waals surface area contributed by atoms with Gasteiger partial charge in [0.15, 0.2) is 0 Å². The number of aromatic nitrogens is 2. The molecule has 0 aliphatic rings. The monoisotopic (exact) mass is 344 g/mol. The van der Waals surface area contributed by atoms with E-state index in [9.17, 15) is 4.79 Å². The molecule has 0 radical (unpaired) electrons. The SMILES string of the molecule is CSc1ccc2cc(COC(=O)c3ccccn3)c(Cl)nc2c1. The second-order valence-electron chi connectivity index (χ2n) is 4.79. The molecule has 0 unspecified atom stereocenters. The highest BCUT2D eigenvalue weighted by molar-refractivity contribution is 7.98. The third-order valence-electron chi connectivity index (χ3n) is 3.28. The summed E-state index contributed by atoms with van der Waals surface area (Å²) in [5.74, 6) is -0.487. The molecule has 23 heavy (non-hydrogen) atoms. The molecule has 0 saturated heterocycles. The smallest absolute Gasteiger partial charge is 0.357 e. The summed E-state index contributed by atoms with van der Waals surface area (Å²) in [7, 11) is 0. The number of carbonyl (C=O) groups is 1. The van der Waals surface area contributed by atoms with Crippen LogP contribution in [0.4, 0.5) is 0 Å². The van der Waals surface area contributed by atoms with Gasteiger partial charge in [0.1, 0.15) is 17.5 Å². The number of ether oxygens (including phenoxy) is 1. The van der Waals surface area contributed by atoms with E-state index in [4.69, 9.17) is 16.3 Å². The number of halogens is 1. The summed E-state index contributed by atoms with van der Waals surface area (Å²) in [6.45, 7) is 0.0570. The number of thioether (sulfide) groups is 1. The van der Waals surface area contributed by atoms with Gasteiger partial charge in [-0.2, -0.15) is 0 Å². The van der Waals surface area contributed by atoms with E-state index >= 15 is 0 Å². The summed E-state index contributed by atoms with van der Waals surface area (Å²) < 4.78 is 5.26. The van der Waals surface area contributed by atoms with E-state index < -0.39 is 5.97 Å². The zero-order chi connectivity index (χ0) is 16.2. The minimum Gasteiger partial charge on any atom is -0.456 e. The number of nitrogens with zero attached hydrogens (tertiary/aromatic N) is 2. The first-order valence-corrected chi connectivity index (χ1v) is 8.49. The molecule has 0 saturated carbocycles. The molecule has 0 aliphatic carbocycles. The maximum atomic E-state index is 11.9. The standard InChI is InChI=1S/C17H13ClN2O2S/c1-23-13-6-5-11-8-12(16(18)20-15(11)9-13)10-22-17(21)14-4-2-3-7-19-14/h2-9H,10H2,1H3. The largest absolute Gasteiger partial charge is 0.456 e. The maximum Gasteiger partial charge on any atom is 0.357 e. The van der Waals surface area contributed by atoms with E-state index in [1.165, 1.54) is 0 Å².